The topological polar surface area (TPSA) is 101 Å². The highest BCUT2D eigenvalue weighted by Crippen LogP contribution is 2.23. The second-order valence-electron chi connectivity index (χ2n) is 4.74. The Morgan fingerprint density at radius 1 is 1.43 bits per heavy atom. The number of anilines is 1. The molecule has 110 valence electrons. The lowest BCUT2D eigenvalue weighted by atomic mass is 10.1. The number of nitro benzene ring substituents is 1. The van der Waals surface area contributed by atoms with Gasteiger partial charge >= 0.3 is 0 Å². The van der Waals surface area contributed by atoms with Crippen LogP contribution in [0.4, 0.5) is 11.5 Å². The van der Waals surface area contributed by atoms with Crippen molar-refractivity contribution >= 4 is 29.0 Å². The molecule has 0 fully saturated rings. The highest BCUT2D eigenvalue weighted by Gasteiger charge is 2.16. The smallest absolute Gasteiger partial charge is 0.270 e. The lowest BCUT2D eigenvalue weighted by Crippen LogP contribution is -2.12. The molecule has 0 aliphatic heterocycles. The molecule has 1 aromatic carbocycles. The van der Waals surface area contributed by atoms with Gasteiger partial charge in [0.2, 0.25) is 0 Å². The number of benzene rings is 1. The summed E-state index contributed by atoms with van der Waals surface area (Å²) < 4.78 is 0. The first-order chi connectivity index (χ1) is 9.88. The minimum atomic E-state index is -0.573. The number of rotatable bonds is 4. The molecular formula is C13H13ClN4O3. The number of nitrogens with one attached hydrogen (secondary N) is 2. The number of aromatic nitrogens is 2. The first-order valence-corrected chi connectivity index (χ1v) is 6.57. The number of hydrogen-bond donors (Lipinski definition) is 2. The van der Waals surface area contributed by atoms with E-state index in [1.54, 1.807) is 6.07 Å². The number of carbonyl (C=O) groups excluding carboxylic acids is 1. The van der Waals surface area contributed by atoms with Crippen LogP contribution in [0, 0.1) is 10.1 Å². The van der Waals surface area contributed by atoms with Crippen LogP contribution in [-0.4, -0.2) is 21.0 Å². The third-order valence-corrected chi connectivity index (χ3v) is 3.18. The standard InChI is InChI=1S/C13H13ClN4O3/c1-7(2)11-6-12(17-16-11)15-13(19)9-4-3-8(18(20)21)5-10(9)14/h3-7H,1-2H3,(H2,15,16,17,19). The van der Waals surface area contributed by atoms with Gasteiger partial charge in [-0.05, 0) is 12.0 Å². The van der Waals surface area contributed by atoms with Crippen LogP contribution in [-0.2, 0) is 0 Å². The monoisotopic (exact) mass is 308 g/mol. The molecule has 2 aromatic rings. The third kappa shape index (κ3) is 3.38. The lowest BCUT2D eigenvalue weighted by Gasteiger charge is -2.04. The van der Waals surface area contributed by atoms with Crippen molar-refractivity contribution in [2.75, 3.05) is 5.32 Å². The zero-order valence-electron chi connectivity index (χ0n) is 11.4. The van der Waals surface area contributed by atoms with Crippen molar-refractivity contribution < 1.29 is 9.72 Å². The summed E-state index contributed by atoms with van der Waals surface area (Å²) in [5, 5.41) is 20.0. The van der Waals surface area contributed by atoms with Gasteiger partial charge in [0.15, 0.2) is 5.82 Å². The van der Waals surface area contributed by atoms with E-state index in [2.05, 4.69) is 15.5 Å². The second kappa shape index (κ2) is 5.92. The van der Waals surface area contributed by atoms with Gasteiger partial charge in [0, 0.05) is 23.9 Å². The molecule has 21 heavy (non-hydrogen) atoms. The molecule has 0 unspecified atom stereocenters. The molecule has 0 saturated heterocycles. The van der Waals surface area contributed by atoms with Crippen LogP contribution in [0.25, 0.3) is 0 Å². The van der Waals surface area contributed by atoms with Crippen molar-refractivity contribution in [1.82, 2.24) is 10.2 Å². The van der Waals surface area contributed by atoms with Gasteiger partial charge in [-0.15, -0.1) is 0 Å². The number of halogens is 1. The van der Waals surface area contributed by atoms with E-state index in [1.807, 2.05) is 13.8 Å². The molecule has 1 heterocycles. The van der Waals surface area contributed by atoms with Gasteiger partial charge in [-0.1, -0.05) is 25.4 Å². The Morgan fingerprint density at radius 2 is 2.14 bits per heavy atom. The van der Waals surface area contributed by atoms with Crippen molar-refractivity contribution in [1.29, 1.82) is 0 Å². The normalized spacial score (nSPS) is 10.7. The number of nitrogens with zero attached hydrogens (tertiary/aromatic N) is 2. The van der Waals surface area contributed by atoms with Gasteiger partial charge in [0.05, 0.1) is 15.5 Å². The molecule has 0 aliphatic rings. The predicted molar refractivity (Wildman–Crippen MR) is 78.7 cm³/mol. The van der Waals surface area contributed by atoms with E-state index in [0.717, 1.165) is 11.8 Å². The fourth-order valence-corrected chi connectivity index (χ4v) is 1.94. The van der Waals surface area contributed by atoms with Gasteiger partial charge in [0.25, 0.3) is 11.6 Å². The summed E-state index contributed by atoms with van der Waals surface area (Å²) in [6.45, 7) is 3.98. The van der Waals surface area contributed by atoms with Crippen molar-refractivity contribution in [2.24, 2.45) is 0 Å². The van der Waals surface area contributed by atoms with Gasteiger partial charge in [-0.2, -0.15) is 5.10 Å². The molecule has 2 N–H and O–H groups in total. The number of hydrogen-bond acceptors (Lipinski definition) is 4. The number of aromatic amines is 1. The molecular weight excluding hydrogens is 296 g/mol. The first kappa shape index (κ1) is 15.0. The molecule has 0 bridgehead atoms. The highest BCUT2D eigenvalue weighted by atomic mass is 35.5. The minimum absolute atomic E-state index is 0.0151. The van der Waals surface area contributed by atoms with Crippen molar-refractivity contribution in [2.45, 2.75) is 19.8 Å². The molecule has 0 spiro atoms. The maximum atomic E-state index is 12.1. The van der Waals surface area contributed by atoms with E-state index in [1.165, 1.54) is 12.1 Å². The summed E-state index contributed by atoms with van der Waals surface area (Å²) in [4.78, 5) is 22.1. The maximum Gasteiger partial charge on any atom is 0.270 e. The Labute approximate surface area is 125 Å². The summed E-state index contributed by atoms with van der Waals surface area (Å²) >= 11 is 5.90. The minimum Gasteiger partial charge on any atom is -0.305 e. The molecule has 0 aliphatic carbocycles. The van der Waals surface area contributed by atoms with E-state index in [0.29, 0.717) is 5.82 Å². The van der Waals surface area contributed by atoms with Crippen molar-refractivity contribution in [3.63, 3.8) is 0 Å². The van der Waals surface area contributed by atoms with Gasteiger partial charge < -0.3 is 5.32 Å². The largest absolute Gasteiger partial charge is 0.305 e. The number of H-pyrrole nitrogens is 1. The zero-order chi connectivity index (χ0) is 15.6. The summed E-state index contributed by atoms with van der Waals surface area (Å²) in [6.07, 6.45) is 0. The average Bonchev–Trinajstić information content (AvgIpc) is 2.87. The van der Waals surface area contributed by atoms with E-state index in [4.69, 9.17) is 11.6 Å². The fourth-order valence-electron chi connectivity index (χ4n) is 1.68. The Kier molecular flexibility index (Phi) is 4.23. The van der Waals surface area contributed by atoms with Crippen molar-refractivity contribution in [3.05, 3.63) is 50.7 Å². The van der Waals surface area contributed by atoms with Gasteiger partial charge in [-0.25, -0.2) is 0 Å². The van der Waals surface area contributed by atoms with Crippen LogP contribution in [0.1, 0.15) is 35.8 Å². The summed E-state index contributed by atoms with van der Waals surface area (Å²) in [6, 6.07) is 5.40. The average molecular weight is 309 g/mol. The predicted octanol–water partition coefficient (Wildman–Crippen LogP) is 3.35. The number of amides is 1. The van der Waals surface area contributed by atoms with Crippen LogP contribution in [0.5, 0.6) is 0 Å². The van der Waals surface area contributed by atoms with Crippen LogP contribution in [0.3, 0.4) is 0 Å². The SMILES string of the molecule is CC(C)c1cc(NC(=O)c2ccc([N+](=O)[O-])cc2Cl)n[nH]1. The van der Waals surface area contributed by atoms with Gasteiger partial charge in [0.1, 0.15) is 0 Å². The maximum absolute atomic E-state index is 12.1. The molecule has 0 radical (unpaired) electrons. The second-order valence-corrected chi connectivity index (χ2v) is 5.15. The molecule has 7 nitrogen and oxygen atoms in total. The lowest BCUT2D eigenvalue weighted by molar-refractivity contribution is -0.384. The fraction of sp³-hybridized carbons (Fsp3) is 0.231. The molecule has 8 heteroatoms. The van der Waals surface area contributed by atoms with Crippen LogP contribution in [0.15, 0.2) is 24.3 Å². The number of non-ortho nitro benzene ring substituents is 1. The Balaban J connectivity index is 2.18. The highest BCUT2D eigenvalue weighted by molar-refractivity contribution is 6.34. The van der Waals surface area contributed by atoms with Crippen LogP contribution >= 0.6 is 11.6 Å². The summed E-state index contributed by atoms with van der Waals surface area (Å²) in [5.41, 5.74) is 0.870. The Bertz CT molecular complexity index is 696. The summed E-state index contributed by atoms with van der Waals surface area (Å²) in [5.74, 6) is 0.154. The number of carbonyl (C=O) groups is 1. The van der Waals surface area contributed by atoms with Crippen LogP contribution < -0.4 is 5.32 Å². The summed E-state index contributed by atoms with van der Waals surface area (Å²) in [7, 11) is 0. The van der Waals surface area contributed by atoms with Crippen LogP contribution in [0.2, 0.25) is 5.02 Å². The van der Waals surface area contributed by atoms with E-state index >= 15 is 0 Å². The molecule has 1 amide bonds. The first-order valence-electron chi connectivity index (χ1n) is 6.19. The van der Waals surface area contributed by atoms with E-state index in [-0.39, 0.29) is 22.2 Å². The van der Waals surface area contributed by atoms with E-state index in [9.17, 15) is 14.9 Å². The third-order valence-electron chi connectivity index (χ3n) is 2.87. The molecule has 1 aromatic heterocycles. The molecule has 2 rings (SSSR count). The number of nitro groups is 1. The quantitative estimate of drug-likeness (QED) is 0.668. The Hall–Kier alpha value is -2.41. The zero-order valence-corrected chi connectivity index (χ0v) is 12.1. The molecule has 0 atom stereocenters. The molecule has 0 saturated carbocycles. The Morgan fingerprint density at radius 3 is 2.67 bits per heavy atom. The van der Waals surface area contributed by atoms with Gasteiger partial charge in [-0.3, -0.25) is 20.0 Å². The van der Waals surface area contributed by atoms with E-state index < -0.39 is 10.8 Å². The van der Waals surface area contributed by atoms with Crippen molar-refractivity contribution in [3.8, 4) is 0 Å².